The van der Waals surface area contributed by atoms with Gasteiger partial charge in [0, 0.05) is 9.75 Å². The van der Waals surface area contributed by atoms with E-state index in [0.717, 1.165) is 11.8 Å². The lowest BCUT2D eigenvalue weighted by Gasteiger charge is -2.17. The van der Waals surface area contributed by atoms with Crippen molar-refractivity contribution in [3.8, 4) is 0 Å². The van der Waals surface area contributed by atoms with Crippen LogP contribution in [0.25, 0.3) is 0 Å². The molecule has 1 heteroatoms. The fraction of sp³-hybridized carbons (Fsp3) is 0.889. The monoisotopic (exact) mass is 533 g/mol. The van der Waals surface area contributed by atoms with Gasteiger partial charge < -0.3 is 0 Å². The summed E-state index contributed by atoms with van der Waals surface area (Å²) in [5, 5.41) is 0. The predicted octanol–water partition coefficient (Wildman–Crippen LogP) is 13.5. The van der Waals surface area contributed by atoms with Gasteiger partial charge in [-0.25, -0.2) is 0 Å². The summed E-state index contributed by atoms with van der Waals surface area (Å²) in [6, 6.07) is 5.03. The largest absolute Gasteiger partial charge is 0.145 e. The Morgan fingerprint density at radius 1 is 0.405 bits per heavy atom. The highest BCUT2D eigenvalue weighted by atomic mass is 32.1. The molecule has 0 saturated heterocycles. The van der Waals surface area contributed by atoms with Gasteiger partial charge in [0.2, 0.25) is 0 Å². The highest BCUT2D eigenvalue weighted by molar-refractivity contribution is 7.12. The molecule has 0 nitrogen and oxygen atoms in total. The zero-order valence-corrected chi connectivity index (χ0v) is 26.9. The van der Waals surface area contributed by atoms with Gasteiger partial charge >= 0.3 is 0 Å². The average Bonchev–Trinajstić information content (AvgIpc) is 3.34. The number of hydrogen-bond acceptors (Lipinski definition) is 1. The minimum absolute atomic E-state index is 0.919. The van der Waals surface area contributed by atoms with Crippen molar-refractivity contribution in [1.82, 2.24) is 0 Å². The third-order valence-corrected chi connectivity index (χ3v) is 9.69. The minimum Gasteiger partial charge on any atom is -0.145 e. The van der Waals surface area contributed by atoms with E-state index in [9.17, 15) is 0 Å². The molecule has 0 saturated carbocycles. The lowest BCUT2D eigenvalue weighted by Crippen LogP contribution is -2.05. The molecular weight excluding hydrogens is 464 g/mol. The number of unbranched alkanes of at least 4 members (excludes halogenated alkanes) is 16. The number of rotatable bonds is 28. The van der Waals surface area contributed by atoms with Crippen LogP contribution in [0.5, 0.6) is 0 Å². The maximum atomic E-state index is 2.51. The first-order valence-electron chi connectivity index (χ1n) is 17.3. The molecular formula is C36H68S. The van der Waals surface area contributed by atoms with Crippen molar-refractivity contribution in [3.63, 3.8) is 0 Å². The second-order valence-electron chi connectivity index (χ2n) is 12.3. The maximum Gasteiger partial charge on any atom is 0.00509 e. The quantitative estimate of drug-likeness (QED) is 0.0941. The smallest absolute Gasteiger partial charge is 0.00509 e. The summed E-state index contributed by atoms with van der Waals surface area (Å²) in [6.07, 6.45) is 37.1. The van der Waals surface area contributed by atoms with Crippen molar-refractivity contribution in [2.75, 3.05) is 0 Å². The van der Waals surface area contributed by atoms with E-state index in [1.165, 1.54) is 167 Å². The Bertz CT molecular complexity index is 524. The van der Waals surface area contributed by atoms with Crippen LogP contribution in [0.15, 0.2) is 12.1 Å². The molecule has 0 aliphatic rings. The van der Waals surface area contributed by atoms with Gasteiger partial charge in [0.1, 0.15) is 0 Å². The Kier molecular flexibility index (Phi) is 24.4. The molecule has 2 unspecified atom stereocenters. The summed E-state index contributed by atoms with van der Waals surface area (Å²) >= 11 is 2.18. The van der Waals surface area contributed by atoms with E-state index in [-0.39, 0.29) is 0 Å². The molecule has 2 atom stereocenters. The molecule has 0 amide bonds. The molecule has 1 aromatic rings. The Morgan fingerprint density at radius 3 is 1.00 bits per heavy atom. The maximum absolute atomic E-state index is 2.51. The van der Waals surface area contributed by atoms with Crippen molar-refractivity contribution in [2.45, 2.75) is 195 Å². The van der Waals surface area contributed by atoms with Crippen LogP contribution in [-0.2, 0) is 12.8 Å². The van der Waals surface area contributed by atoms with Crippen molar-refractivity contribution in [3.05, 3.63) is 21.9 Å². The average molecular weight is 533 g/mol. The van der Waals surface area contributed by atoms with Crippen LogP contribution >= 0.6 is 11.3 Å². The zero-order chi connectivity index (χ0) is 26.8. The van der Waals surface area contributed by atoms with E-state index >= 15 is 0 Å². The topological polar surface area (TPSA) is 0 Å². The molecule has 37 heavy (non-hydrogen) atoms. The molecule has 0 fully saturated rings. The van der Waals surface area contributed by atoms with E-state index in [4.69, 9.17) is 0 Å². The fourth-order valence-corrected chi connectivity index (χ4v) is 7.30. The first-order valence-corrected chi connectivity index (χ1v) is 18.1. The van der Waals surface area contributed by atoms with E-state index < -0.39 is 0 Å². The third-order valence-electron chi connectivity index (χ3n) is 8.56. The molecule has 1 aromatic heterocycles. The van der Waals surface area contributed by atoms with Crippen LogP contribution in [-0.4, -0.2) is 0 Å². The van der Waals surface area contributed by atoms with Crippen LogP contribution in [0.4, 0.5) is 0 Å². The molecule has 1 heterocycles. The van der Waals surface area contributed by atoms with Gasteiger partial charge in [-0.1, -0.05) is 182 Å². The second kappa shape index (κ2) is 26.0. The summed E-state index contributed by atoms with van der Waals surface area (Å²) in [5.74, 6) is 1.84. The van der Waals surface area contributed by atoms with Crippen LogP contribution in [0.2, 0.25) is 0 Å². The van der Waals surface area contributed by atoms with Crippen molar-refractivity contribution < 1.29 is 0 Å². The van der Waals surface area contributed by atoms with Crippen molar-refractivity contribution in [2.24, 2.45) is 11.8 Å². The van der Waals surface area contributed by atoms with Crippen LogP contribution in [0, 0.1) is 11.8 Å². The molecule has 0 radical (unpaired) electrons. The van der Waals surface area contributed by atoms with Crippen LogP contribution in [0.3, 0.4) is 0 Å². The molecule has 1 rings (SSSR count). The van der Waals surface area contributed by atoms with Gasteiger partial charge in [-0.05, 0) is 36.8 Å². The van der Waals surface area contributed by atoms with Crippen molar-refractivity contribution >= 4 is 11.3 Å². The molecule has 0 aliphatic heterocycles. The number of thiophene rings is 1. The summed E-state index contributed by atoms with van der Waals surface area (Å²) < 4.78 is 0. The van der Waals surface area contributed by atoms with Crippen LogP contribution < -0.4 is 0 Å². The molecule has 0 bridgehead atoms. The van der Waals surface area contributed by atoms with E-state index in [2.05, 4.69) is 51.2 Å². The lowest BCUT2D eigenvalue weighted by molar-refractivity contribution is 0.404. The van der Waals surface area contributed by atoms with Crippen LogP contribution in [0.1, 0.15) is 192 Å². The fourth-order valence-electron chi connectivity index (χ4n) is 6.05. The zero-order valence-electron chi connectivity index (χ0n) is 26.1. The van der Waals surface area contributed by atoms with E-state index in [0.29, 0.717) is 0 Å². The first-order chi connectivity index (χ1) is 18.2. The molecule has 0 N–H and O–H groups in total. The summed E-state index contributed by atoms with van der Waals surface area (Å²) in [4.78, 5) is 3.37. The molecule has 0 aliphatic carbocycles. The van der Waals surface area contributed by atoms with Gasteiger partial charge in [-0.2, -0.15) is 0 Å². The van der Waals surface area contributed by atoms with Gasteiger partial charge in [0.15, 0.2) is 0 Å². The van der Waals surface area contributed by atoms with Gasteiger partial charge in [0.05, 0.1) is 0 Å². The summed E-state index contributed by atoms with van der Waals surface area (Å²) in [7, 11) is 0. The minimum atomic E-state index is 0.919. The molecule has 0 spiro atoms. The highest BCUT2D eigenvalue weighted by Gasteiger charge is 2.15. The Morgan fingerprint density at radius 2 is 0.676 bits per heavy atom. The third kappa shape index (κ3) is 20.3. The highest BCUT2D eigenvalue weighted by Crippen LogP contribution is 2.30. The van der Waals surface area contributed by atoms with Gasteiger partial charge in [-0.15, -0.1) is 11.3 Å². The number of hydrogen-bond donors (Lipinski definition) is 0. The van der Waals surface area contributed by atoms with Crippen molar-refractivity contribution in [1.29, 1.82) is 0 Å². The standard InChI is InChI=1S/C36H68S/c1-5-9-13-17-19-23-27-33(25-21-15-11-7-3)31-35-29-30-36(37-35)32-34(26-22-16-12-8-4)28-24-20-18-14-10-6-2/h29-30,33-34H,5-28,31-32H2,1-4H3. The summed E-state index contributed by atoms with van der Waals surface area (Å²) in [5.41, 5.74) is 0. The first kappa shape index (κ1) is 34.7. The van der Waals surface area contributed by atoms with Gasteiger partial charge in [-0.3, -0.25) is 0 Å². The molecule has 218 valence electrons. The summed E-state index contributed by atoms with van der Waals surface area (Å²) in [6.45, 7) is 9.32. The second-order valence-corrected chi connectivity index (χ2v) is 13.6. The van der Waals surface area contributed by atoms with Gasteiger partial charge in [0.25, 0.3) is 0 Å². The van der Waals surface area contributed by atoms with E-state index in [1.54, 1.807) is 9.75 Å². The Labute approximate surface area is 239 Å². The SMILES string of the molecule is CCCCCCCCC(CCCCCC)Cc1ccc(CC(CCCCCC)CCCCCCCC)s1. The molecule has 0 aromatic carbocycles. The predicted molar refractivity (Wildman–Crippen MR) is 172 cm³/mol. The normalized spacial score (nSPS) is 13.3. The Hall–Kier alpha value is -0.300. The lowest BCUT2D eigenvalue weighted by atomic mass is 9.90. The Balaban J connectivity index is 2.56. The van der Waals surface area contributed by atoms with E-state index in [1.807, 2.05) is 0 Å².